The average molecular weight is 939 g/mol. The summed E-state index contributed by atoms with van der Waals surface area (Å²) in [5.41, 5.74) is 23.4. The zero-order valence-corrected chi connectivity index (χ0v) is 43.2. The van der Waals surface area contributed by atoms with Crippen molar-refractivity contribution in [2.45, 2.75) is 96.8 Å². The normalized spacial score (nSPS) is 16.8. The van der Waals surface area contributed by atoms with Crippen LogP contribution in [0.4, 0.5) is 11.4 Å². The van der Waals surface area contributed by atoms with Crippen LogP contribution in [0, 0.1) is 0 Å². The van der Waals surface area contributed by atoms with Gasteiger partial charge in [-0.05, 0) is 150 Å². The van der Waals surface area contributed by atoms with E-state index in [1.807, 2.05) is 22.7 Å². The van der Waals surface area contributed by atoms with Gasteiger partial charge in [0.15, 0.2) is 0 Å². The predicted molar refractivity (Wildman–Crippen MR) is 305 cm³/mol. The monoisotopic (exact) mass is 938 g/mol. The molecule has 0 saturated carbocycles. The Balaban J connectivity index is 1.18. The molecule has 0 unspecified atom stereocenters. The number of benzene rings is 8. The summed E-state index contributed by atoms with van der Waals surface area (Å²) in [5.74, 6) is 0. The van der Waals surface area contributed by atoms with E-state index in [9.17, 15) is 0 Å². The lowest BCUT2D eigenvalue weighted by Gasteiger charge is -2.44. The summed E-state index contributed by atoms with van der Waals surface area (Å²) >= 11 is 3.87. The summed E-state index contributed by atoms with van der Waals surface area (Å²) in [6.45, 7) is 21.9. The summed E-state index contributed by atoms with van der Waals surface area (Å²) in [4.78, 5) is 4.08. The van der Waals surface area contributed by atoms with Crippen molar-refractivity contribution in [2.75, 3.05) is 4.81 Å². The van der Waals surface area contributed by atoms with E-state index in [2.05, 4.69) is 217 Å². The predicted octanol–water partition coefficient (Wildman–Crippen LogP) is 17.2. The lowest BCUT2D eigenvalue weighted by molar-refractivity contribution is 0.332. The maximum absolute atomic E-state index is 2.77. The van der Waals surface area contributed by atoms with Crippen LogP contribution in [0.25, 0.3) is 90.4 Å². The van der Waals surface area contributed by atoms with Crippen LogP contribution >= 0.6 is 22.7 Å². The van der Waals surface area contributed by atoms with Gasteiger partial charge in [0.2, 0.25) is 0 Å². The first-order valence-electron chi connectivity index (χ1n) is 25.4. The number of nitrogens with zero attached hydrogens (tertiary/aromatic N) is 2. The summed E-state index contributed by atoms with van der Waals surface area (Å²) in [5, 5.41) is 6.79. The standard InChI is InChI=1S/C65H55BN2S2/c1-62(2,3)38-23-25-39(26-24-38)68-50-32-42-40-19-14-16-22-52(40)69-55(42)33-44(50)58-59-56(41-20-13-15-21-45(41)65(59,8)9)57-43-31-46-47(64(6,7)28-27-63(46,4)5)34-49(43)67-51-35-54-37(29-48(51)66(68)60(58)61(57)67)30-53(70-54)36-17-11-10-12-18-36/h10-26,29-35H,27-28H2,1-9H3. The Morgan fingerprint density at radius 1 is 0.557 bits per heavy atom. The zero-order valence-electron chi connectivity index (χ0n) is 41.6. The molecule has 0 radical (unpaired) electrons. The molecule has 15 rings (SSSR count). The van der Waals surface area contributed by atoms with Gasteiger partial charge in [0.1, 0.15) is 0 Å². The highest BCUT2D eigenvalue weighted by Gasteiger charge is 2.51. The van der Waals surface area contributed by atoms with Gasteiger partial charge < -0.3 is 9.38 Å². The van der Waals surface area contributed by atoms with Gasteiger partial charge in [0, 0.05) is 68.6 Å². The highest BCUT2D eigenvalue weighted by Crippen LogP contribution is 2.60. The van der Waals surface area contributed by atoms with Crippen LogP contribution in [-0.4, -0.2) is 11.4 Å². The van der Waals surface area contributed by atoms with Crippen molar-refractivity contribution in [3.63, 3.8) is 0 Å². The fraction of sp³-hybridized carbons (Fsp3) is 0.231. The number of hydrogen-bond donors (Lipinski definition) is 0. The molecule has 4 aliphatic rings. The number of thiophene rings is 2. The van der Waals surface area contributed by atoms with Crippen LogP contribution in [0.1, 0.15) is 103 Å². The molecule has 5 heterocycles. The minimum absolute atomic E-state index is 0.0294. The molecule has 0 bridgehead atoms. The van der Waals surface area contributed by atoms with Crippen molar-refractivity contribution < 1.29 is 0 Å². The van der Waals surface area contributed by atoms with Crippen molar-refractivity contribution in [3.05, 3.63) is 173 Å². The van der Waals surface area contributed by atoms with Crippen molar-refractivity contribution in [2.24, 2.45) is 0 Å². The molecule has 340 valence electrons. The van der Waals surface area contributed by atoms with Crippen molar-refractivity contribution in [1.29, 1.82) is 0 Å². The van der Waals surface area contributed by atoms with Gasteiger partial charge in [-0.15, -0.1) is 22.7 Å². The van der Waals surface area contributed by atoms with Crippen molar-refractivity contribution >= 4 is 104 Å². The molecule has 11 aromatic rings. The van der Waals surface area contributed by atoms with E-state index in [0.717, 1.165) is 0 Å². The van der Waals surface area contributed by atoms with Crippen LogP contribution in [0.5, 0.6) is 0 Å². The third kappa shape index (κ3) is 5.30. The Hall–Kier alpha value is -6.40. The third-order valence-electron chi connectivity index (χ3n) is 17.5. The summed E-state index contributed by atoms with van der Waals surface area (Å²) in [7, 11) is 0. The van der Waals surface area contributed by atoms with E-state index < -0.39 is 0 Å². The van der Waals surface area contributed by atoms with Gasteiger partial charge in [-0.1, -0.05) is 153 Å². The fourth-order valence-electron chi connectivity index (χ4n) is 13.8. The number of aromatic nitrogens is 1. The maximum Gasteiger partial charge on any atom is 0.333 e. The highest BCUT2D eigenvalue weighted by atomic mass is 32.1. The van der Waals surface area contributed by atoms with Gasteiger partial charge in [-0.3, -0.25) is 0 Å². The topological polar surface area (TPSA) is 8.17 Å². The molecular weight excluding hydrogens is 884 g/mol. The summed E-state index contributed by atoms with van der Waals surface area (Å²) in [6.07, 6.45) is 2.35. The zero-order chi connectivity index (χ0) is 47.5. The molecule has 70 heavy (non-hydrogen) atoms. The first kappa shape index (κ1) is 41.4. The summed E-state index contributed by atoms with van der Waals surface area (Å²) < 4.78 is 6.78. The van der Waals surface area contributed by atoms with Crippen LogP contribution in [0.15, 0.2) is 146 Å². The molecule has 8 aromatic carbocycles. The van der Waals surface area contributed by atoms with Crippen LogP contribution in [0.2, 0.25) is 0 Å². The quantitative estimate of drug-likeness (QED) is 0.157. The van der Waals surface area contributed by atoms with Gasteiger partial charge in [-0.25, -0.2) is 0 Å². The van der Waals surface area contributed by atoms with E-state index in [1.54, 1.807) is 0 Å². The van der Waals surface area contributed by atoms with E-state index in [4.69, 9.17) is 0 Å². The SMILES string of the molecule is CC(C)(C)c1ccc(N2B3c4cc5cc(-c6ccccc6)sc5cc4-n4c5cc6c(cc5c5c7c(c(c3c54)-c3cc4sc5ccccc5c4cc32)C(C)(C)c2ccccc2-7)C(C)(C)CCC6(C)C)cc1. The van der Waals surface area contributed by atoms with Gasteiger partial charge in [0.25, 0.3) is 0 Å². The lowest BCUT2D eigenvalue weighted by Crippen LogP contribution is -2.61. The molecule has 2 aliphatic carbocycles. The van der Waals surface area contributed by atoms with Gasteiger partial charge in [-0.2, -0.15) is 0 Å². The van der Waals surface area contributed by atoms with Crippen LogP contribution in [-0.2, 0) is 21.7 Å². The highest BCUT2D eigenvalue weighted by molar-refractivity contribution is 7.26. The Morgan fingerprint density at radius 2 is 1.27 bits per heavy atom. The Labute approximate surface area is 419 Å². The van der Waals surface area contributed by atoms with E-state index in [1.165, 1.54) is 153 Å². The molecular formula is C65H55BN2S2. The third-order valence-corrected chi connectivity index (χ3v) is 19.8. The molecule has 2 aliphatic heterocycles. The first-order valence-corrected chi connectivity index (χ1v) is 27.0. The van der Waals surface area contributed by atoms with Crippen molar-refractivity contribution in [1.82, 2.24) is 4.57 Å². The number of rotatable bonds is 2. The molecule has 0 amide bonds. The average Bonchev–Trinajstić information content (AvgIpc) is 4.09. The summed E-state index contributed by atoms with van der Waals surface area (Å²) in [6, 6.07) is 57.2. The molecule has 0 saturated heterocycles. The van der Waals surface area contributed by atoms with Gasteiger partial charge in [0.05, 0.1) is 11.0 Å². The largest absolute Gasteiger partial charge is 0.376 e. The second-order valence-corrected chi connectivity index (χ2v) is 26.1. The molecule has 0 fully saturated rings. The molecule has 3 aromatic heterocycles. The Morgan fingerprint density at radius 3 is 2.04 bits per heavy atom. The van der Waals surface area contributed by atoms with E-state index in [0.29, 0.717) is 0 Å². The minimum Gasteiger partial charge on any atom is -0.376 e. The van der Waals surface area contributed by atoms with Crippen molar-refractivity contribution in [3.8, 4) is 38.4 Å². The Bertz CT molecular complexity index is 4130. The maximum atomic E-state index is 2.77. The molecule has 5 heteroatoms. The second-order valence-electron chi connectivity index (χ2n) is 23.9. The van der Waals surface area contributed by atoms with Gasteiger partial charge >= 0.3 is 6.85 Å². The molecule has 2 nitrogen and oxygen atoms in total. The molecule has 0 atom stereocenters. The number of anilines is 2. The minimum atomic E-state index is -0.258. The van der Waals surface area contributed by atoms with E-state index in [-0.39, 0.29) is 28.5 Å². The number of hydrogen-bond acceptors (Lipinski definition) is 3. The number of fused-ring (bicyclic) bond motifs is 18. The molecule has 0 spiro atoms. The fourth-order valence-corrected chi connectivity index (χ4v) is 16.0. The first-order chi connectivity index (χ1) is 33.6. The van der Waals surface area contributed by atoms with Crippen LogP contribution < -0.4 is 15.7 Å². The molecule has 0 N–H and O–H groups in total. The second kappa shape index (κ2) is 13.5. The Kier molecular flexibility index (Phi) is 7.99. The van der Waals surface area contributed by atoms with Crippen LogP contribution in [0.3, 0.4) is 0 Å². The van der Waals surface area contributed by atoms with E-state index >= 15 is 0 Å². The lowest BCUT2D eigenvalue weighted by atomic mass is 9.43. The smallest absolute Gasteiger partial charge is 0.333 e.